The first kappa shape index (κ1) is 12.8. The lowest BCUT2D eigenvalue weighted by atomic mass is 10.0. The van der Waals surface area contributed by atoms with Gasteiger partial charge in [-0.3, -0.25) is 4.79 Å². The molecule has 0 saturated heterocycles. The van der Waals surface area contributed by atoms with Crippen molar-refractivity contribution in [2.24, 2.45) is 0 Å². The number of hydrogen-bond donors (Lipinski definition) is 0. The summed E-state index contributed by atoms with van der Waals surface area (Å²) in [5.74, 6) is -0.645. The molecule has 0 bridgehead atoms. The molecule has 0 aliphatic heterocycles. The maximum atomic E-state index is 13.4. The van der Waals surface area contributed by atoms with E-state index in [9.17, 15) is 9.18 Å². The molecule has 0 aromatic heterocycles. The van der Waals surface area contributed by atoms with E-state index in [4.69, 9.17) is 0 Å². The van der Waals surface area contributed by atoms with Crippen molar-refractivity contribution in [2.75, 3.05) is 6.26 Å². The van der Waals surface area contributed by atoms with E-state index in [-0.39, 0.29) is 17.8 Å². The number of hydrogen-bond acceptors (Lipinski definition) is 2. The fourth-order valence-electron chi connectivity index (χ4n) is 1.71. The van der Waals surface area contributed by atoms with Gasteiger partial charge in [0.25, 0.3) is 0 Å². The van der Waals surface area contributed by atoms with Crippen LogP contribution in [-0.2, 0) is 6.42 Å². The van der Waals surface area contributed by atoms with Crippen LogP contribution >= 0.6 is 11.8 Å². The van der Waals surface area contributed by atoms with Crippen LogP contribution in [-0.4, -0.2) is 12.0 Å². The first-order valence-electron chi connectivity index (χ1n) is 5.61. The summed E-state index contributed by atoms with van der Waals surface area (Å²) in [4.78, 5) is 13.1. The minimum atomic E-state index is -0.455. The first-order chi connectivity index (χ1) is 8.70. The minimum Gasteiger partial charge on any atom is -0.294 e. The molecule has 2 rings (SSSR count). The molecule has 18 heavy (non-hydrogen) atoms. The molecule has 0 aliphatic carbocycles. The van der Waals surface area contributed by atoms with Crippen molar-refractivity contribution in [3.8, 4) is 0 Å². The molecule has 2 aromatic rings. The fraction of sp³-hybridized carbons (Fsp3) is 0.133. The standard InChI is InChI=1S/C15H13FOS/c1-18-12-8-6-11(7-9-12)10-15(17)13-4-2-3-5-14(13)16/h2-9H,10H2,1H3. The topological polar surface area (TPSA) is 17.1 Å². The van der Waals surface area contributed by atoms with Crippen molar-refractivity contribution in [1.82, 2.24) is 0 Å². The number of carbonyl (C=O) groups excluding carboxylic acids is 1. The second-order valence-corrected chi connectivity index (χ2v) is 4.81. The van der Waals surface area contributed by atoms with E-state index in [2.05, 4.69) is 0 Å². The van der Waals surface area contributed by atoms with Crippen LogP contribution in [0.25, 0.3) is 0 Å². The zero-order chi connectivity index (χ0) is 13.0. The smallest absolute Gasteiger partial charge is 0.170 e. The molecule has 0 saturated carbocycles. The molecule has 0 fully saturated rings. The van der Waals surface area contributed by atoms with Gasteiger partial charge < -0.3 is 0 Å². The summed E-state index contributed by atoms with van der Waals surface area (Å²) in [6.45, 7) is 0. The number of benzene rings is 2. The molecule has 0 unspecified atom stereocenters. The lowest BCUT2D eigenvalue weighted by molar-refractivity contribution is 0.0989. The predicted octanol–water partition coefficient (Wildman–Crippen LogP) is 3.97. The van der Waals surface area contributed by atoms with E-state index >= 15 is 0 Å². The van der Waals surface area contributed by atoms with Crippen LogP contribution in [0.5, 0.6) is 0 Å². The van der Waals surface area contributed by atoms with Crippen molar-refractivity contribution >= 4 is 17.5 Å². The normalized spacial score (nSPS) is 10.3. The van der Waals surface area contributed by atoms with E-state index in [0.29, 0.717) is 0 Å². The highest BCUT2D eigenvalue weighted by atomic mass is 32.2. The van der Waals surface area contributed by atoms with Crippen LogP contribution < -0.4 is 0 Å². The highest BCUT2D eigenvalue weighted by Gasteiger charge is 2.11. The van der Waals surface area contributed by atoms with Gasteiger partial charge in [-0.15, -0.1) is 11.8 Å². The summed E-state index contributed by atoms with van der Waals surface area (Å²) >= 11 is 1.65. The lowest BCUT2D eigenvalue weighted by Crippen LogP contribution is -2.05. The quantitative estimate of drug-likeness (QED) is 0.611. The SMILES string of the molecule is CSc1ccc(CC(=O)c2ccccc2F)cc1. The molecule has 2 aromatic carbocycles. The summed E-state index contributed by atoms with van der Waals surface area (Å²) in [6.07, 6.45) is 2.23. The Bertz CT molecular complexity index is 549. The van der Waals surface area contributed by atoms with Gasteiger partial charge in [-0.2, -0.15) is 0 Å². The van der Waals surface area contributed by atoms with Crippen molar-refractivity contribution < 1.29 is 9.18 Å². The van der Waals surface area contributed by atoms with Gasteiger partial charge in [0.05, 0.1) is 5.56 Å². The average Bonchev–Trinajstić information content (AvgIpc) is 2.40. The zero-order valence-electron chi connectivity index (χ0n) is 10.0. The summed E-state index contributed by atoms with van der Waals surface area (Å²) in [6, 6.07) is 13.8. The van der Waals surface area contributed by atoms with Gasteiger partial charge in [0.2, 0.25) is 0 Å². The number of rotatable bonds is 4. The third-order valence-electron chi connectivity index (χ3n) is 2.70. The summed E-state index contributed by atoms with van der Waals surface area (Å²) in [5, 5.41) is 0. The van der Waals surface area contributed by atoms with Gasteiger partial charge >= 0.3 is 0 Å². The second-order valence-electron chi connectivity index (χ2n) is 3.93. The minimum absolute atomic E-state index is 0.159. The third-order valence-corrected chi connectivity index (χ3v) is 3.44. The van der Waals surface area contributed by atoms with Gasteiger partial charge in [0, 0.05) is 11.3 Å². The lowest BCUT2D eigenvalue weighted by Gasteiger charge is -2.03. The second kappa shape index (κ2) is 5.83. The Hall–Kier alpha value is -1.61. The molecule has 0 radical (unpaired) electrons. The van der Waals surface area contributed by atoms with Crippen LogP contribution in [0, 0.1) is 5.82 Å². The highest BCUT2D eigenvalue weighted by molar-refractivity contribution is 7.98. The highest BCUT2D eigenvalue weighted by Crippen LogP contribution is 2.16. The Kier molecular flexibility index (Phi) is 4.15. The number of ketones is 1. The summed E-state index contributed by atoms with van der Waals surface area (Å²) in [5.41, 5.74) is 1.06. The Morgan fingerprint density at radius 1 is 1.11 bits per heavy atom. The molecule has 0 spiro atoms. The van der Waals surface area contributed by atoms with Crippen LogP contribution in [0.15, 0.2) is 53.4 Å². The number of halogens is 1. The number of carbonyl (C=O) groups is 1. The van der Waals surface area contributed by atoms with Gasteiger partial charge in [-0.1, -0.05) is 24.3 Å². The Labute approximate surface area is 110 Å². The van der Waals surface area contributed by atoms with Crippen molar-refractivity contribution in [3.63, 3.8) is 0 Å². The van der Waals surface area contributed by atoms with Crippen molar-refractivity contribution in [1.29, 1.82) is 0 Å². The molecule has 0 aliphatic rings. The molecule has 92 valence electrons. The van der Waals surface area contributed by atoms with Crippen LogP contribution in [0.2, 0.25) is 0 Å². The monoisotopic (exact) mass is 260 g/mol. The van der Waals surface area contributed by atoms with E-state index in [1.165, 1.54) is 12.1 Å². The number of Topliss-reactive ketones (excluding diaryl/α,β-unsaturated/α-hetero) is 1. The summed E-state index contributed by atoms with van der Waals surface area (Å²) < 4.78 is 13.4. The Morgan fingerprint density at radius 3 is 2.39 bits per heavy atom. The number of thioether (sulfide) groups is 1. The van der Waals surface area contributed by atoms with Crippen molar-refractivity contribution in [2.45, 2.75) is 11.3 Å². The third kappa shape index (κ3) is 2.99. The first-order valence-corrected chi connectivity index (χ1v) is 6.84. The maximum Gasteiger partial charge on any atom is 0.170 e. The molecular formula is C15H13FOS. The van der Waals surface area contributed by atoms with E-state index in [1.807, 2.05) is 30.5 Å². The Balaban J connectivity index is 2.14. The molecule has 0 atom stereocenters. The van der Waals surface area contributed by atoms with E-state index in [0.717, 1.165) is 10.5 Å². The van der Waals surface area contributed by atoms with Gasteiger partial charge in [-0.25, -0.2) is 4.39 Å². The molecule has 0 N–H and O–H groups in total. The van der Waals surface area contributed by atoms with E-state index in [1.54, 1.807) is 23.9 Å². The van der Waals surface area contributed by atoms with Gasteiger partial charge in [-0.05, 0) is 36.1 Å². The molecule has 1 nitrogen and oxygen atoms in total. The Morgan fingerprint density at radius 2 is 1.78 bits per heavy atom. The van der Waals surface area contributed by atoms with E-state index < -0.39 is 5.82 Å². The predicted molar refractivity (Wildman–Crippen MR) is 72.7 cm³/mol. The molecule has 3 heteroatoms. The summed E-state index contributed by atoms with van der Waals surface area (Å²) in [7, 11) is 0. The van der Waals surface area contributed by atoms with Crippen LogP contribution in [0.4, 0.5) is 4.39 Å². The fourth-order valence-corrected chi connectivity index (χ4v) is 2.12. The average molecular weight is 260 g/mol. The van der Waals surface area contributed by atoms with Gasteiger partial charge in [0.1, 0.15) is 5.82 Å². The largest absolute Gasteiger partial charge is 0.294 e. The molecule has 0 amide bonds. The zero-order valence-corrected chi connectivity index (χ0v) is 10.8. The van der Waals surface area contributed by atoms with Crippen molar-refractivity contribution in [3.05, 3.63) is 65.5 Å². The van der Waals surface area contributed by atoms with Crippen LogP contribution in [0.3, 0.4) is 0 Å². The molecular weight excluding hydrogens is 247 g/mol. The molecule has 0 heterocycles. The maximum absolute atomic E-state index is 13.4. The van der Waals surface area contributed by atoms with Crippen LogP contribution in [0.1, 0.15) is 15.9 Å². The van der Waals surface area contributed by atoms with Gasteiger partial charge in [0.15, 0.2) is 5.78 Å².